The van der Waals surface area contributed by atoms with Crippen LogP contribution in [0.15, 0.2) is 23.6 Å². The van der Waals surface area contributed by atoms with Crippen LogP contribution < -0.4 is 10.6 Å². The van der Waals surface area contributed by atoms with E-state index in [0.717, 1.165) is 5.69 Å². The average molecular weight is 257 g/mol. The molecule has 3 N–H and O–H groups in total. The minimum atomic E-state index is -0.419. The second kappa shape index (κ2) is 5.20. The molecule has 1 saturated heterocycles. The monoisotopic (exact) mass is 256 g/mol. The van der Waals surface area contributed by atoms with E-state index >= 15 is 0 Å². The Labute approximate surface area is 104 Å². The Balaban J connectivity index is 2.15. The molecule has 0 amide bonds. The molecular formula is C10H13ClN4O2. The van der Waals surface area contributed by atoms with Gasteiger partial charge in [0.05, 0.1) is 23.9 Å². The molecule has 7 heteroatoms. The molecule has 1 atom stereocenters. The van der Waals surface area contributed by atoms with Crippen molar-refractivity contribution in [2.24, 2.45) is 10.9 Å². The molecule has 0 saturated carbocycles. The van der Waals surface area contributed by atoms with E-state index < -0.39 is 6.10 Å². The Bertz CT molecular complexity index is 427. The van der Waals surface area contributed by atoms with E-state index in [1.54, 1.807) is 12.4 Å². The second-order valence-corrected chi connectivity index (χ2v) is 4.06. The number of morpholine rings is 1. The van der Waals surface area contributed by atoms with Crippen molar-refractivity contribution in [3.63, 3.8) is 0 Å². The van der Waals surface area contributed by atoms with E-state index in [-0.39, 0.29) is 5.84 Å². The van der Waals surface area contributed by atoms with Crippen molar-refractivity contribution >= 4 is 23.1 Å². The van der Waals surface area contributed by atoms with Crippen molar-refractivity contribution in [1.82, 2.24) is 4.98 Å². The SMILES string of the molecule is NC(=NO)C1CN(c2ccncc2Cl)CCO1. The highest BCUT2D eigenvalue weighted by Gasteiger charge is 2.25. The Hall–Kier alpha value is -1.53. The quantitative estimate of drug-likeness (QED) is 0.352. The van der Waals surface area contributed by atoms with E-state index in [1.807, 2.05) is 11.0 Å². The molecule has 1 aromatic heterocycles. The van der Waals surface area contributed by atoms with Gasteiger partial charge in [0.2, 0.25) is 0 Å². The number of nitrogens with zero attached hydrogens (tertiary/aromatic N) is 3. The Morgan fingerprint density at radius 3 is 3.24 bits per heavy atom. The Morgan fingerprint density at radius 2 is 2.53 bits per heavy atom. The zero-order valence-electron chi connectivity index (χ0n) is 9.08. The van der Waals surface area contributed by atoms with Gasteiger partial charge in [-0.15, -0.1) is 0 Å². The predicted octanol–water partition coefficient (Wildman–Crippen LogP) is 0.687. The van der Waals surface area contributed by atoms with Gasteiger partial charge in [-0.1, -0.05) is 16.8 Å². The minimum absolute atomic E-state index is 0.0693. The molecule has 2 heterocycles. The highest BCUT2D eigenvalue weighted by Crippen LogP contribution is 2.25. The first-order chi connectivity index (χ1) is 8.22. The van der Waals surface area contributed by atoms with Gasteiger partial charge in [-0.05, 0) is 6.07 Å². The van der Waals surface area contributed by atoms with Crippen LogP contribution in [0.5, 0.6) is 0 Å². The lowest BCUT2D eigenvalue weighted by Crippen LogP contribution is -2.48. The summed E-state index contributed by atoms with van der Waals surface area (Å²) in [5.74, 6) is 0.0693. The summed E-state index contributed by atoms with van der Waals surface area (Å²) in [7, 11) is 0. The molecule has 1 unspecified atom stereocenters. The van der Waals surface area contributed by atoms with E-state index in [4.69, 9.17) is 27.3 Å². The molecule has 1 aliphatic rings. The van der Waals surface area contributed by atoms with Gasteiger partial charge >= 0.3 is 0 Å². The van der Waals surface area contributed by atoms with Crippen molar-refractivity contribution in [3.05, 3.63) is 23.5 Å². The molecule has 2 rings (SSSR count). The van der Waals surface area contributed by atoms with Gasteiger partial charge in [-0.2, -0.15) is 0 Å². The molecule has 1 aromatic rings. The van der Waals surface area contributed by atoms with Crippen LogP contribution in [0.2, 0.25) is 5.02 Å². The first-order valence-corrected chi connectivity index (χ1v) is 5.53. The van der Waals surface area contributed by atoms with Gasteiger partial charge in [-0.3, -0.25) is 4.98 Å². The zero-order valence-corrected chi connectivity index (χ0v) is 9.84. The van der Waals surface area contributed by atoms with Crippen LogP contribution in [-0.4, -0.2) is 41.8 Å². The number of rotatable bonds is 2. The number of hydrogen-bond acceptors (Lipinski definition) is 5. The first-order valence-electron chi connectivity index (χ1n) is 5.16. The molecule has 0 aromatic carbocycles. The molecule has 6 nitrogen and oxygen atoms in total. The smallest absolute Gasteiger partial charge is 0.170 e. The number of oxime groups is 1. The highest BCUT2D eigenvalue weighted by atomic mass is 35.5. The van der Waals surface area contributed by atoms with Gasteiger partial charge in [0.1, 0.15) is 6.10 Å². The first kappa shape index (κ1) is 11.9. The number of nitrogens with two attached hydrogens (primary N) is 1. The third kappa shape index (κ3) is 2.59. The predicted molar refractivity (Wildman–Crippen MR) is 64.6 cm³/mol. The van der Waals surface area contributed by atoms with Gasteiger partial charge < -0.3 is 20.6 Å². The normalized spacial score (nSPS) is 21.6. The van der Waals surface area contributed by atoms with Crippen molar-refractivity contribution < 1.29 is 9.94 Å². The average Bonchev–Trinajstić information content (AvgIpc) is 2.38. The lowest BCUT2D eigenvalue weighted by Gasteiger charge is -2.34. The van der Waals surface area contributed by atoms with Crippen molar-refractivity contribution in [2.45, 2.75) is 6.10 Å². The largest absolute Gasteiger partial charge is 0.409 e. The Morgan fingerprint density at radius 1 is 1.71 bits per heavy atom. The maximum Gasteiger partial charge on any atom is 0.170 e. The Kier molecular flexibility index (Phi) is 3.65. The fourth-order valence-corrected chi connectivity index (χ4v) is 1.97. The molecule has 1 aliphatic heterocycles. The molecule has 0 spiro atoms. The zero-order chi connectivity index (χ0) is 12.3. The maximum absolute atomic E-state index is 8.63. The number of amidine groups is 1. The third-order valence-corrected chi connectivity index (χ3v) is 2.89. The standard InChI is InChI=1S/C10H13ClN4O2/c11-7-5-13-2-1-8(7)15-3-4-17-9(6-15)10(12)14-16/h1-2,5,9,16H,3-4,6H2,(H2,12,14). The number of anilines is 1. The number of pyridine rings is 1. The number of halogens is 1. The lowest BCUT2D eigenvalue weighted by atomic mass is 10.2. The fraction of sp³-hybridized carbons (Fsp3) is 0.400. The summed E-state index contributed by atoms with van der Waals surface area (Å²) in [6.07, 6.45) is 2.85. The van der Waals surface area contributed by atoms with Crippen LogP contribution in [0.25, 0.3) is 0 Å². The van der Waals surface area contributed by atoms with E-state index in [2.05, 4.69) is 10.1 Å². The summed E-state index contributed by atoms with van der Waals surface area (Å²) in [4.78, 5) is 5.96. The molecule has 0 bridgehead atoms. The van der Waals surface area contributed by atoms with Crippen LogP contribution in [0.1, 0.15) is 0 Å². The number of aromatic nitrogens is 1. The topological polar surface area (TPSA) is 84.0 Å². The molecule has 92 valence electrons. The number of hydrogen-bond donors (Lipinski definition) is 2. The minimum Gasteiger partial charge on any atom is -0.409 e. The summed E-state index contributed by atoms with van der Waals surface area (Å²) < 4.78 is 5.41. The van der Waals surface area contributed by atoms with Gasteiger partial charge in [0, 0.05) is 18.9 Å². The summed E-state index contributed by atoms with van der Waals surface area (Å²) in [5, 5.41) is 12.2. The van der Waals surface area contributed by atoms with Crippen molar-refractivity contribution in [2.75, 3.05) is 24.6 Å². The van der Waals surface area contributed by atoms with Crippen LogP contribution in [0.4, 0.5) is 5.69 Å². The van der Waals surface area contributed by atoms with Crippen molar-refractivity contribution in [3.8, 4) is 0 Å². The molecular weight excluding hydrogens is 244 g/mol. The molecule has 1 fully saturated rings. The van der Waals surface area contributed by atoms with Gasteiger partial charge in [-0.25, -0.2) is 0 Å². The van der Waals surface area contributed by atoms with Crippen LogP contribution in [0, 0.1) is 0 Å². The maximum atomic E-state index is 8.63. The third-order valence-electron chi connectivity index (χ3n) is 2.60. The van der Waals surface area contributed by atoms with E-state index in [9.17, 15) is 0 Å². The van der Waals surface area contributed by atoms with Crippen LogP contribution in [-0.2, 0) is 4.74 Å². The molecule has 0 radical (unpaired) electrons. The van der Waals surface area contributed by atoms with Crippen LogP contribution in [0.3, 0.4) is 0 Å². The fourth-order valence-electron chi connectivity index (χ4n) is 1.74. The number of ether oxygens (including phenoxy) is 1. The van der Waals surface area contributed by atoms with E-state index in [1.165, 1.54) is 0 Å². The van der Waals surface area contributed by atoms with Gasteiger partial charge in [0.15, 0.2) is 5.84 Å². The van der Waals surface area contributed by atoms with Gasteiger partial charge in [0.25, 0.3) is 0 Å². The molecule has 0 aliphatic carbocycles. The summed E-state index contributed by atoms with van der Waals surface area (Å²) in [6, 6.07) is 1.83. The summed E-state index contributed by atoms with van der Waals surface area (Å²) >= 11 is 6.06. The summed E-state index contributed by atoms with van der Waals surface area (Å²) in [6.45, 7) is 1.71. The lowest BCUT2D eigenvalue weighted by molar-refractivity contribution is 0.0807. The van der Waals surface area contributed by atoms with E-state index in [0.29, 0.717) is 24.7 Å². The van der Waals surface area contributed by atoms with Crippen molar-refractivity contribution in [1.29, 1.82) is 0 Å². The summed E-state index contributed by atoms with van der Waals surface area (Å²) in [5.41, 5.74) is 6.40. The highest BCUT2D eigenvalue weighted by molar-refractivity contribution is 6.33. The second-order valence-electron chi connectivity index (χ2n) is 3.66. The van der Waals surface area contributed by atoms with Crippen LogP contribution >= 0.6 is 11.6 Å². The molecule has 17 heavy (non-hydrogen) atoms.